The van der Waals surface area contributed by atoms with Gasteiger partial charge in [0.1, 0.15) is 0 Å². The Morgan fingerprint density at radius 2 is 1.89 bits per heavy atom. The van der Waals surface area contributed by atoms with E-state index in [4.69, 9.17) is 11.6 Å². The normalized spacial score (nSPS) is 12.7. The van der Waals surface area contributed by atoms with Gasteiger partial charge in [-0.25, -0.2) is 13.2 Å². The van der Waals surface area contributed by atoms with Gasteiger partial charge in [-0.3, -0.25) is 0 Å². The monoisotopic (exact) mass is 305 g/mol. The Morgan fingerprint density at radius 3 is 2.47 bits per heavy atom. The molecular formula is C13H11ClF3NS. The number of nitrogens with one attached hydrogen (secondary N) is 1. The summed E-state index contributed by atoms with van der Waals surface area (Å²) in [4.78, 5) is 0.938. The minimum absolute atomic E-state index is 0.103. The smallest absolute Gasteiger partial charge is 0.194 e. The van der Waals surface area contributed by atoms with E-state index in [9.17, 15) is 13.2 Å². The Balaban J connectivity index is 2.29. The molecule has 19 heavy (non-hydrogen) atoms. The zero-order valence-corrected chi connectivity index (χ0v) is 11.6. The third-order valence-corrected chi connectivity index (χ3v) is 4.08. The van der Waals surface area contributed by atoms with E-state index >= 15 is 0 Å². The molecular weight excluding hydrogens is 295 g/mol. The molecule has 6 heteroatoms. The van der Waals surface area contributed by atoms with Crippen LogP contribution >= 0.6 is 22.9 Å². The molecule has 0 aliphatic carbocycles. The first-order chi connectivity index (χ1) is 9.02. The molecule has 2 rings (SSSR count). The summed E-state index contributed by atoms with van der Waals surface area (Å²) in [6.45, 7) is 0. The first-order valence-electron chi connectivity index (χ1n) is 5.57. The number of halogens is 4. The average Bonchev–Trinajstić information content (AvgIpc) is 2.80. The van der Waals surface area contributed by atoms with Crippen molar-refractivity contribution in [1.82, 2.24) is 5.32 Å². The van der Waals surface area contributed by atoms with Crippen molar-refractivity contribution in [2.24, 2.45) is 0 Å². The molecule has 1 aromatic carbocycles. The van der Waals surface area contributed by atoms with Gasteiger partial charge in [0.2, 0.25) is 0 Å². The summed E-state index contributed by atoms with van der Waals surface area (Å²) in [5.74, 6) is -3.78. The number of rotatable bonds is 4. The molecule has 2 aromatic rings. The highest BCUT2D eigenvalue weighted by Crippen LogP contribution is 2.28. The molecule has 102 valence electrons. The Labute approximate surface area is 118 Å². The van der Waals surface area contributed by atoms with Gasteiger partial charge in [-0.15, -0.1) is 11.3 Å². The van der Waals surface area contributed by atoms with E-state index in [1.807, 2.05) is 6.07 Å². The maximum absolute atomic E-state index is 13.7. The lowest BCUT2D eigenvalue weighted by Gasteiger charge is -2.17. The fraction of sp³-hybridized carbons (Fsp3) is 0.231. The maximum atomic E-state index is 13.7. The topological polar surface area (TPSA) is 12.0 Å². The van der Waals surface area contributed by atoms with Crippen molar-refractivity contribution in [3.05, 3.63) is 56.5 Å². The Hall–Kier alpha value is -1.04. The zero-order valence-electron chi connectivity index (χ0n) is 10.0. The van der Waals surface area contributed by atoms with E-state index in [1.165, 1.54) is 17.4 Å². The maximum Gasteiger partial charge on any atom is 0.194 e. The van der Waals surface area contributed by atoms with Crippen LogP contribution in [-0.2, 0) is 6.42 Å². The van der Waals surface area contributed by atoms with Crippen LogP contribution in [0.15, 0.2) is 24.3 Å². The van der Waals surface area contributed by atoms with Gasteiger partial charge in [-0.1, -0.05) is 17.7 Å². The minimum Gasteiger partial charge on any atom is -0.313 e. The van der Waals surface area contributed by atoms with Crippen molar-refractivity contribution in [2.75, 3.05) is 7.05 Å². The molecule has 0 amide bonds. The summed E-state index contributed by atoms with van der Waals surface area (Å²) >= 11 is 7.20. The Kier molecular flexibility index (Phi) is 4.50. The summed E-state index contributed by atoms with van der Waals surface area (Å²) in [7, 11) is 1.64. The van der Waals surface area contributed by atoms with Crippen LogP contribution in [0.5, 0.6) is 0 Å². The van der Waals surface area contributed by atoms with Crippen LogP contribution < -0.4 is 5.32 Å². The highest BCUT2D eigenvalue weighted by molar-refractivity contribution is 7.16. The molecule has 0 bridgehead atoms. The van der Waals surface area contributed by atoms with Gasteiger partial charge in [-0.2, -0.15) is 0 Å². The van der Waals surface area contributed by atoms with Crippen molar-refractivity contribution >= 4 is 22.9 Å². The van der Waals surface area contributed by atoms with Crippen molar-refractivity contribution in [2.45, 2.75) is 12.5 Å². The summed E-state index contributed by atoms with van der Waals surface area (Å²) < 4.78 is 40.5. The molecule has 1 heterocycles. The molecule has 0 saturated heterocycles. The summed E-state index contributed by atoms with van der Waals surface area (Å²) in [5.41, 5.74) is 0.103. The van der Waals surface area contributed by atoms with Gasteiger partial charge in [0.25, 0.3) is 0 Å². The van der Waals surface area contributed by atoms with E-state index in [2.05, 4.69) is 5.32 Å². The van der Waals surface area contributed by atoms with E-state index in [0.29, 0.717) is 10.8 Å². The SMILES string of the molecule is CNC(Cc1ccc(Cl)s1)c1ccc(F)c(F)c1F. The van der Waals surface area contributed by atoms with E-state index in [-0.39, 0.29) is 5.56 Å². The second-order valence-corrected chi connectivity index (χ2v) is 5.82. The minimum atomic E-state index is -1.44. The summed E-state index contributed by atoms with van der Waals surface area (Å²) in [5, 5.41) is 2.90. The predicted molar refractivity (Wildman–Crippen MR) is 71.1 cm³/mol. The lowest BCUT2D eigenvalue weighted by molar-refractivity contribution is 0.429. The molecule has 0 radical (unpaired) electrons. The van der Waals surface area contributed by atoms with Gasteiger partial charge in [-0.05, 0) is 25.2 Å². The van der Waals surface area contributed by atoms with Crippen LogP contribution in [0.4, 0.5) is 13.2 Å². The molecule has 1 nitrogen and oxygen atoms in total. The van der Waals surface area contributed by atoms with Gasteiger partial charge in [0.05, 0.1) is 4.34 Å². The van der Waals surface area contributed by atoms with E-state index < -0.39 is 23.5 Å². The first-order valence-corrected chi connectivity index (χ1v) is 6.77. The third kappa shape index (κ3) is 3.11. The standard InChI is InChI=1S/C13H11ClF3NS/c1-18-10(6-7-2-5-11(14)19-7)8-3-4-9(15)13(17)12(8)16/h2-5,10,18H,6H2,1H3. The number of benzene rings is 1. The first kappa shape index (κ1) is 14.4. The van der Waals surface area contributed by atoms with Gasteiger partial charge < -0.3 is 5.32 Å². The van der Waals surface area contributed by atoms with Crippen LogP contribution in [0, 0.1) is 17.5 Å². The quantitative estimate of drug-likeness (QED) is 0.829. The third-order valence-electron chi connectivity index (χ3n) is 2.82. The van der Waals surface area contributed by atoms with E-state index in [0.717, 1.165) is 10.9 Å². The summed E-state index contributed by atoms with van der Waals surface area (Å²) in [6.07, 6.45) is 0.454. The zero-order chi connectivity index (χ0) is 14.0. The van der Waals surface area contributed by atoms with E-state index in [1.54, 1.807) is 13.1 Å². The number of hydrogen-bond donors (Lipinski definition) is 1. The second kappa shape index (κ2) is 5.94. The largest absolute Gasteiger partial charge is 0.313 e. The molecule has 0 saturated carbocycles. The number of hydrogen-bond acceptors (Lipinski definition) is 2. The molecule has 0 fully saturated rings. The molecule has 1 N–H and O–H groups in total. The Morgan fingerprint density at radius 1 is 1.16 bits per heavy atom. The fourth-order valence-electron chi connectivity index (χ4n) is 1.84. The molecule has 1 atom stereocenters. The summed E-state index contributed by atoms with van der Waals surface area (Å²) in [6, 6.07) is 5.32. The Bertz CT molecular complexity index is 585. The lowest BCUT2D eigenvalue weighted by atomic mass is 10.0. The van der Waals surface area contributed by atoms with Gasteiger partial charge >= 0.3 is 0 Å². The lowest BCUT2D eigenvalue weighted by Crippen LogP contribution is -2.20. The fourth-order valence-corrected chi connectivity index (χ4v) is 2.97. The molecule has 1 unspecified atom stereocenters. The average molecular weight is 306 g/mol. The van der Waals surface area contributed by atoms with Crippen molar-refractivity contribution in [3.63, 3.8) is 0 Å². The molecule has 1 aromatic heterocycles. The van der Waals surface area contributed by atoms with Crippen LogP contribution in [0.25, 0.3) is 0 Å². The molecule has 0 aliphatic rings. The van der Waals surface area contributed by atoms with Crippen LogP contribution in [0.2, 0.25) is 4.34 Å². The van der Waals surface area contributed by atoms with Gasteiger partial charge in [0, 0.05) is 22.9 Å². The number of likely N-dealkylation sites (N-methyl/N-ethyl adjacent to an activating group) is 1. The molecule has 0 aliphatic heterocycles. The van der Waals surface area contributed by atoms with Crippen LogP contribution in [0.1, 0.15) is 16.5 Å². The van der Waals surface area contributed by atoms with Crippen molar-refractivity contribution in [3.8, 4) is 0 Å². The predicted octanol–water partition coefficient (Wildman–Crippen LogP) is 4.32. The van der Waals surface area contributed by atoms with Crippen molar-refractivity contribution < 1.29 is 13.2 Å². The van der Waals surface area contributed by atoms with Crippen molar-refractivity contribution in [1.29, 1.82) is 0 Å². The van der Waals surface area contributed by atoms with Crippen LogP contribution in [0.3, 0.4) is 0 Å². The highest BCUT2D eigenvalue weighted by atomic mass is 35.5. The number of thiophene rings is 1. The second-order valence-electron chi connectivity index (χ2n) is 4.02. The van der Waals surface area contributed by atoms with Crippen LogP contribution in [-0.4, -0.2) is 7.05 Å². The molecule has 0 spiro atoms. The highest BCUT2D eigenvalue weighted by Gasteiger charge is 2.20. The van der Waals surface area contributed by atoms with Gasteiger partial charge in [0.15, 0.2) is 17.5 Å².